The summed E-state index contributed by atoms with van der Waals surface area (Å²) in [5.74, 6) is -1.18. The number of ether oxygens (including phenoxy) is 1. The number of hydrogen-bond donors (Lipinski definition) is 3. The first-order chi connectivity index (χ1) is 28.4. The largest absolute Gasteiger partial charge is 0.494 e. The Kier molecular flexibility index (Phi) is 13.5. The number of allylic oxidation sites excluding steroid dienone is 1. The summed E-state index contributed by atoms with van der Waals surface area (Å²) in [5, 5.41) is 26.7. The number of benzene rings is 1. The van der Waals surface area contributed by atoms with E-state index in [-0.39, 0.29) is 23.8 Å². The second-order valence-corrected chi connectivity index (χ2v) is 14.9. The Bertz CT molecular complexity index is 2120. The van der Waals surface area contributed by atoms with E-state index in [2.05, 4.69) is 51.0 Å². The average molecular weight is 793 g/mol. The average Bonchev–Trinajstić information content (AvgIpc) is 3.94. The number of hydrogen-bond acceptors (Lipinski definition) is 13. The fraction of sp³-hybridized carbons (Fsp3) is 0.488. The number of aliphatic hydroxyl groups excluding tert-OH is 1. The number of aromatic nitrogens is 5. The topological polar surface area (TPSA) is 192 Å². The van der Waals surface area contributed by atoms with E-state index in [0.29, 0.717) is 54.7 Å². The van der Waals surface area contributed by atoms with Crippen molar-refractivity contribution in [2.75, 3.05) is 112 Å². The highest BCUT2D eigenvalue weighted by atomic mass is 16.5. The molecule has 17 nitrogen and oxygen atoms in total. The SMILES string of the molecule is COc1cnc(-n2cnc(C(=O)NCCN3CCN(CCCN4CCN(CCO)CC4)CC3)n2)c2[nH]cc(C(=O)C(=O)N3CCC(=C(C#N)c4ccccc4)CC3)c12. The van der Waals surface area contributed by atoms with E-state index in [4.69, 9.17) is 9.84 Å². The molecule has 3 N–H and O–H groups in total. The monoisotopic (exact) mass is 792 g/mol. The molecular weight excluding hydrogens is 741 g/mol. The Morgan fingerprint density at radius 3 is 2.14 bits per heavy atom. The van der Waals surface area contributed by atoms with Crippen molar-refractivity contribution in [3.63, 3.8) is 0 Å². The van der Waals surface area contributed by atoms with Crippen LogP contribution in [-0.4, -0.2) is 184 Å². The van der Waals surface area contributed by atoms with Gasteiger partial charge in [0.15, 0.2) is 5.82 Å². The summed E-state index contributed by atoms with van der Waals surface area (Å²) in [6.45, 7) is 13.1. The van der Waals surface area contributed by atoms with Crippen LogP contribution in [0.1, 0.15) is 45.8 Å². The fourth-order valence-corrected chi connectivity index (χ4v) is 8.06. The van der Waals surface area contributed by atoms with E-state index in [1.807, 2.05) is 30.3 Å². The number of nitriles is 1. The van der Waals surface area contributed by atoms with Gasteiger partial charge < -0.3 is 34.8 Å². The summed E-state index contributed by atoms with van der Waals surface area (Å²) in [6.07, 6.45) is 6.43. The van der Waals surface area contributed by atoms with Gasteiger partial charge in [0.25, 0.3) is 17.6 Å². The summed E-state index contributed by atoms with van der Waals surface area (Å²) in [6, 6.07) is 11.8. The number of Topliss-reactive ketones (excluding diaryl/α,β-unsaturated/α-hetero) is 1. The van der Waals surface area contributed by atoms with Gasteiger partial charge in [-0.1, -0.05) is 30.3 Å². The molecular formula is C41H52N12O5. The first kappa shape index (κ1) is 40.7. The lowest BCUT2D eigenvalue weighted by molar-refractivity contribution is -0.126. The molecule has 0 aliphatic carbocycles. The molecule has 2 amide bonds. The van der Waals surface area contributed by atoms with Crippen LogP contribution < -0.4 is 10.1 Å². The maximum absolute atomic E-state index is 13.7. The molecule has 1 aromatic carbocycles. The van der Waals surface area contributed by atoms with Gasteiger partial charge in [-0.2, -0.15) is 9.94 Å². The highest BCUT2D eigenvalue weighted by Crippen LogP contribution is 2.33. The van der Waals surface area contributed by atoms with Crippen molar-refractivity contribution < 1.29 is 24.2 Å². The standard InChI is InChI=1S/C41H52N12O5/c1-58-34-28-45-39(36-35(34)33(27-44-36)37(55)41(57)52-13-8-31(9-14-52)32(26-42)30-6-3-2-4-7-30)53-29-46-38(47-53)40(56)43-10-15-50-20-16-48(17-21-50)11-5-12-49-18-22-51(23-19-49)24-25-54/h2-4,6-7,27-29,44,54H,5,8-25H2,1H3,(H,43,56). The normalized spacial score (nSPS) is 17.3. The van der Waals surface area contributed by atoms with E-state index in [0.717, 1.165) is 96.1 Å². The van der Waals surface area contributed by atoms with Crippen molar-refractivity contribution in [1.82, 2.24) is 54.5 Å². The third-order valence-corrected chi connectivity index (χ3v) is 11.4. The van der Waals surface area contributed by atoms with Gasteiger partial charge in [-0.05, 0) is 43.5 Å². The molecule has 0 radical (unpaired) electrons. The van der Waals surface area contributed by atoms with Crippen LogP contribution in [0.25, 0.3) is 22.3 Å². The van der Waals surface area contributed by atoms with Crippen LogP contribution in [0, 0.1) is 11.3 Å². The number of piperidine rings is 1. The molecule has 0 bridgehead atoms. The Hall–Kier alpha value is -5.51. The Morgan fingerprint density at radius 2 is 1.52 bits per heavy atom. The predicted octanol–water partition coefficient (Wildman–Crippen LogP) is 1.28. The molecule has 3 aliphatic heterocycles. The number of carbonyl (C=O) groups is 3. The third kappa shape index (κ3) is 9.43. The van der Waals surface area contributed by atoms with Crippen molar-refractivity contribution in [2.24, 2.45) is 0 Å². The van der Waals surface area contributed by atoms with Crippen LogP contribution in [0.2, 0.25) is 0 Å². The van der Waals surface area contributed by atoms with Gasteiger partial charge in [-0.25, -0.2) is 9.97 Å². The van der Waals surface area contributed by atoms with E-state index in [1.165, 1.54) is 35.4 Å². The molecule has 3 fully saturated rings. The minimum absolute atomic E-state index is 0.0197. The van der Waals surface area contributed by atoms with Gasteiger partial charge in [0.2, 0.25) is 5.82 Å². The minimum Gasteiger partial charge on any atom is -0.494 e. The summed E-state index contributed by atoms with van der Waals surface area (Å²) < 4.78 is 6.92. The quantitative estimate of drug-likeness (QED) is 0.0888. The number of aliphatic hydroxyl groups is 1. The molecule has 0 spiro atoms. The van der Waals surface area contributed by atoms with Crippen molar-refractivity contribution >= 4 is 34.1 Å². The summed E-state index contributed by atoms with van der Waals surface area (Å²) in [7, 11) is 1.46. The number of aromatic amines is 1. The van der Waals surface area contributed by atoms with Gasteiger partial charge in [0, 0.05) is 91.3 Å². The zero-order chi connectivity index (χ0) is 40.4. The van der Waals surface area contributed by atoms with Crippen LogP contribution in [0.4, 0.5) is 0 Å². The Balaban J connectivity index is 0.898. The lowest BCUT2D eigenvalue weighted by Gasteiger charge is -2.36. The molecule has 3 saturated heterocycles. The molecule has 7 rings (SSSR count). The van der Waals surface area contributed by atoms with Gasteiger partial charge in [0.1, 0.15) is 12.1 Å². The van der Waals surface area contributed by atoms with Crippen molar-refractivity contribution in [3.05, 3.63) is 71.6 Å². The number of methoxy groups -OCH3 is 1. The maximum atomic E-state index is 13.7. The summed E-state index contributed by atoms with van der Waals surface area (Å²) >= 11 is 0. The van der Waals surface area contributed by atoms with Crippen LogP contribution in [0.15, 0.2) is 54.6 Å². The number of amides is 2. The van der Waals surface area contributed by atoms with Gasteiger partial charge >= 0.3 is 0 Å². The number of nitrogens with one attached hydrogen (secondary N) is 2. The predicted molar refractivity (Wildman–Crippen MR) is 216 cm³/mol. The molecule has 3 aromatic heterocycles. The van der Waals surface area contributed by atoms with Crippen molar-refractivity contribution in [1.29, 1.82) is 5.26 Å². The lowest BCUT2D eigenvalue weighted by Crippen LogP contribution is -2.49. The first-order valence-corrected chi connectivity index (χ1v) is 20.1. The van der Waals surface area contributed by atoms with Gasteiger partial charge in [0.05, 0.1) is 48.0 Å². The second-order valence-electron chi connectivity index (χ2n) is 14.9. The minimum atomic E-state index is -0.696. The Labute approximate surface area is 337 Å². The van der Waals surface area contributed by atoms with Crippen molar-refractivity contribution in [2.45, 2.75) is 19.3 Å². The number of fused-ring (bicyclic) bond motifs is 1. The van der Waals surface area contributed by atoms with Crippen LogP contribution in [0.5, 0.6) is 5.75 Å². The smallest absolute Gasteiger partial charge is 0.295 e. The van der Waals surface area contributed by atoms with E-state index in [9.17, 15) is 19.6 Å². The van der Waals surface area contributed by atoms with Crippen LogP contribution in [0.3, 0.4) is 0 Å². The third-order valence-electron chi connectivity index (χ3n) is 11.4. The van der Waals surface area contributed by atoms with Crippen molar-refractivity contribution in [3.8, 4) is 17.6 Å². The summed E-state index contributed by atoms with van der Waals surface area (Å²) in [4.78, 5) is 63.3. The molecule has 306 valence electrons. The molecule has 58 heavy (non-hydrogen) atoms. The van der Waals surface area contributed by atoms with E-state index < -0.39 is 17.6 Å². The number of rotatable bonds is 15. The van der Waals surface area contributed by atoms with Crippen LogP contribution in [-0.2, 0) is 4.79 Å². The highest BCUT2D eigenvalue weighted by molar-refractivity contribution is 6.45. The lowest BCUT2D eigenvalue weighted by atomic mass is 9.93. The number of ketones is 1. The fourth-order valence-electron chi connectivity index (χ4n) is 8.06. The number of pyridine rings is 1. The molecule has 3 aliphatic rings. The number of likely N-dealkylation sites (tertiary alicyclic amines) is 1. The zero-order valence-corrected chi connectivity index (χ0v) is 33.1. The number of β-amino-alcohol motifs (C(OH)–C–C–N with tert-alkyl or cyclic N) is 1. The number of piperazine rings is 2. The number of carbonyl (C=O) groups excluding carboxylic acids is 3. The highest BCUT2D eigenvalue weighted by Gasteiger charge is 2.31. The van der Waals surface area contributed by atoms with Gasteiger partial charge in [-0.3, -0.25) is 24.2 Å². The maximum Gasteiger partial charge on any atom is 0.295 e. The van der Waals surface area contributed by atoms with Gasteiger partial charge in [-0.15, -0.1) is 5.10 Å². The second kappa shape index (κ2) is 19.3. The number of H-pyrrole nitrogens is 1. The zero-order valence-electron chi connectivity index (χ0n) is 33.1. The van der Waals surface area contributed by atoms with E-state index >= 15 is 0 Å². The van der Waals surface area contributed by atoms with Crippen LogP contribution >= 0.6 is 0 Å². The Morgan fingerprint density at radius 1 is 0.879 bits per heavy atom. The molecule has 0 atom stereocenters. The number of nitrogens with zero attached hydrogens (tertiary/aromatic N) is 10. The summed E-state index contributed by atoms with van der Waals surface area (Å²) in [5.41, 5.74) is 2.95. The molecule has 0 unspecified atom stereocenters. The van der Waals surface area contributed by atoms with E-state index in [1.54, 1.807) is 0 Å². The first-order valence-electron chi connectivity index (χ1n) is 20.1. The molecule has 4 aromatic rings. The molecule has 17 heteroatoms. The molecule has 6 heterocycles. The molecule has 0 saturated carbocycles.